The number of hydrogen-bond acceptors (Lipinski definition) is 7. The molecule has 0 saturated carbocycles. The van der Waals surface area contributed by atoms with Gasteiger partial charge in [0, 0.05) is 62.6 Å². The molecule has 204 valence electrons. The number of rotatable bonds is 11. The van der Waals surface area contributed by atoms with Crippen LogP contribution in [0, 0.1) is 0 Å². The molecule has 0 unspecified atom stereocenters. The highest BCUT2D eigenvalue weighted by molar-refractivity contribution is 7.89. The molecule has 5 rings (SSSR count). The van der Waals surface area contributed by atoms with Crippen LogP contribution in [-0.4, -0.2) is 57.3 Å². The summed E-state index contributed by atoms with van der Waals surface area (Å²) in [5, 5.41) is 2.61. The lowest BCUT2D eigenvalue weighted by Crippen LogP contribution is -2.25. The standard InChI is InChI=1S/C29H34N6O3S/c1-34(2)24-14-8-12-21-20(24)11-9-15-25(21)39(36,37)31-17-6-7-18-35-26(16-19-38-3)33-27-28(35)22-10-4-5-13-23(22)32-29(27)30/h4-5,8-15,31H,6-7,16-19H2,1-3H3,(H2,30,32). The van der Waals surface area contributed by atoms with E-state index in [1.165, 1.54) is 0 Å². The molecule has 0 spiro atoms. The molecule has 0 radical (unpaired) electrons. The Bertz CT molecular complexity index is 1750. The van der Waals surface area contributed by atoms with Gasteiger partial charge in [0.15, 0.2) is 5.82 Å². The predicted molar refractivity (Wildman–Crippen MR) is 158 cm³/mol. The van der Waals surface area contributed by atoms with E-state index in [2.05, 4.69) is 14.3 Å². The second-order valence-corrected chi connectivity index (χ2v) is 11.5. The van der Waals surface area contributed by atoms with Gasteiger partial charge in [-0.05, 0) is 31.0 Å². The molecule has 2 aromatic heterocycles. The predicted octanol–water partition coefficient (Wildman–Crippen LogP) is 4.33. The largest absolute Gasteiger partial charge is 0.384 e. The number of aryl methyl sites for hydroxylation is 1. The minimum Gasteiger partial charge on any atom is -0.384 e. The van der Waals surface area contributed by atoms with Crippen molar-refractivity contribution in [1.29, 1.82) is 0 Å². The molecule has 0 atom stereocenters. The summed E-state index contributed by atoms with van der Waals surface area (Å²) in [6.07, 6.45) is 2.06. The van der Waals surface area contributed by atoms with Crippen molar-refractivity contribution in [1.82, 2.24) is 19.3 Å². The number of unbranched alkanes of at least 4 members (excludes halogenated alkanes) is 1. The monoisotopic (exact) mass is 546 g/mol. The van der Waals surface area contributed by atoms with Crippen molar-refractivity contribution < 1.29 is 13.2 Å². The third-order valence-electron chi connectivity index (χ3n) is 6.95. The topological polar surface area (TPSA) is 115 Å². The van der Waals surface area contributed by atoms with E-state index in [0.29, 0.717) is 54.2 Å². The Labute approximate surface area is 228 Å². The maximum Gasteiger partial charge on any atom is 0.241 e. The summed E-state index contributed by atoms with van der Waals surface area (Å²) in [5.74, 6) is 1.28. The van der Waals surface area contributed by atoms with Gasteiger partial charge < -0.3 is 19.9 Å². The van der Waals surface area contributed by atoms with E-state index >= 15 is 0 Å². The zero-order valence-electron chi connectivity index (χ0n) is 22.5. The fraction of sp³-hybridized carbons (Fsp3) is 0.310. The molecule has 0 saturated heterocycles. The van der Waals surface area contributed by atoms with Crippen LogP contribution in [0.15, 0.2) is 65.6 Å². The van der Waals surface area contributed by atoms with E-state index < -0.39 is 10.0 Å². The van der Waals surface area contributed by atoms with Crippen molar-refractivity contribution in [3.63, 3.8) is 0 Å². The summed E-state index contributed by atoms with van der Waals surface area (Å²) >= 11 is 0. The summed E-state index contributed by atoms with van der Waals surface area (Å²) in [6.45, 7) is 1.54. The van der Waals surface area contributed by atoms with Gasteiger partial charge >= 0.3 is 0 Å². The van der Waals surface area contributed by atoms with Crippen molar-refractivity contribution >= 4 is 54.2 Å². The van der Waals surface area contributed by atoms with Gasteiger partial charge in [0.05, 0.1) is 22.5 Å². The first-order valence-electron chi connectivity index (χ1n) is 13.0. The average molecular weight is 547 g/mol. The van der Waals surface area contributed by atoms with Gasteiger partial charge in [0.2, 0.25) is 10.0 Å². The number of pyridine rings is 1. The van der Waals surface area contributed by atoms with Crippen LogP contribution in [0.25, 0.3) is 32.7 Å². The van der Waals surface area contributed by atoms with Crippen LogP contribution < -0.4 is 15.4 Å². The quantitative estimate of drug-likeness (QED) is 0.237. The van der Waals surface area contributed by atoms with Gasteiger partial charge in [-0.25, -0.2) is 23.1 Å². The van der Waals surface area contributed by atoms with Gasteiger partial charge in [0.1, 0.15) is 11.3 Å². The van der Waals surface area contributed by atoms with E-state index in [4.69, 9.17) is 15.5 Å². The molecule has 2 heterocycles. The molecule has 5 aromatic rings. The number of sulfonamides is 1. The summed E-state index contributed by atoms with van der Waals surface area (Å²) in [5.41, 5.74) is 9.72. The number of fused-ring (bicyclic) bond motifs is 4. The average Bonchev–Trinajstić information content (AvgIpc) is 3.30. The molecular weight excluding hydrogens is 512 g/mol. The lowest BCUT2D eigenvalue weighted by molar-refractivity contribution is 0.199. The Balaban J connectivity index is 1.34. The summed E-state index contributed by atoms with van der Waals surface area (Å²) in [6, 6.07) is 19.0. The molecule has 0 fully saturated rings. The van der Waals surface area contributed by atoms with Crippen molar-refractivity contribution in [2.45, 2.75) is 30.7 Å². The Morgan fingerprint density at radius 1 is 0.949 bits per heavy atom. The van der Waals surface area contributed by atoms with Gasteiger partial charge in [-0.2, -0.15) is 0 Å². The Morgan fingerprint density at radius 2 is 1.69 bits per heavy atom. The minimum absolute atomic E-state index is 0.292. The van der Waals surface area contributed by atoms with Crippen molar-refractivity contribution in [2.24, 2.45) is 0 Å². The van der Waals surface area contributed by atoms with E-state index in [9.17, 15) is 8.42 Å². The molecule has 39 heavy (non-hydrogen) atoms. The molecule has 0 bridgehead atoms. The normalized spacial score (nSPS) is 12.1. The molecule has 3 N–H and O–H groups in total. The van der Waals surface area contributed by atoms with Crippen molar-refractivity contribution in [3.05, 3.63) is 66.5 Å². The summed E-state index contributed by atoms with van der Waals surface area (Å²) < 4.78 is 36.8. The number of anilines is 2. The second kappa shape index (κ2) is 11.2. The number of nitrogen functional groups attached to an aromatic ring is 1. The molecule has 0 aliphatic rings. The van der Waals surface area contributed by atoms with Crippen LogP contribution in [0.3, 0.4) is 0 Å². The number of ether oxygens (including phenoxy) is 1. The highest BCUT2D eigenvalue weighted by Gasteiger charge is 2.19. The van der Waals surface area contributed by atoms with E-state index in [1.54, 1.807) is 19.2 Å². The Morgan fingerprint density at radius 3 is 2.49 bits per heavy atom. The number of nitrogens with one attached hydrogen (secondary N) is 1. The third-order valence-corrected chi connectivity index (χ3v) is 8.47. The molecule has 9 nitrogen and oxygen atoms in total. The van der Waals surface area contributed by atoms with E-state index in [0.717, 1.165) is 39.7 Å². The number of nitrogens with zero attached hydrogens (tertiary/aromatic N) is 4. The highest BCUT2D eigenvalue weighted by Crippen LogP contribution is 2.31. The minimum atomic E-state index is -3.68. The summed E-state index contributed by atoms with van der Waals surface area (Å²) in [7, 11) is 1.89. The Hall–Kier alpha value is -3.73. The summed E-state index contributed by atoms with van der Waals surface area (Å²) in [4.78, 5) is 11.6. The van der Waals surface area contributed by atoms with Gasteiger partial charge in [-0.1, -0.05) is 42.5 Å². The van der Waals surface area contributed by atoms with Crippen LogP contribution in [0.2, 0.25) is 0 Å². The zero-order valence-corrected chi connectivity index (χ0v) is 23.3. The first-order chi connectivity index (χ1) is 18.8. The van der Waals surface area contributed by atoms with E-state index in [1.807, 2.05) is 67.5 Å². The fourth-order valence-electron chi connectivity index (χ4n) is 5.10. The first kappa shape index (κ1) is 26.9. The van der Waals surface area contributed by atoms with E-state index in [-0.39, 0.29) is 0 Å². The smallest absolute Gasteiger partial charge is 0.241 e. The van der Waals surface area contributed by atoms with Gasteiger partial charge in [0.25, 0.3) is 0 Å². The molecule has 0 amide bonds. The number of nitrogens with two attached hydrogens (primary N) is 1. The number of imidazole rings is 1. The van der Waals surface area contributed by atoms with Gasteiger partial charge in [-0.15, -0.1) is 0 Å². The molecule has 0 aliphatic heterocycles. The lowest BCUT2D eigenvalue weighted by Gasteiger charge is -2.17. The highest BCUT2D eigenvalue weighted by atomic mass is 32.2. The number of aromatic nitrogens is 3. The molecule has 3 aromatic carbocycles. The SMILES string of the molecule is COCCc1nc2c(N)nc3ccccc3c2n1CCCCNS(=O)(=O)c1cccc2c(N(C)C)cccc12. The maximum absolute atomic E-state index is 13.3. The van der Waals surface area contributed by atoms with Crippen molar-refractivity contribution in [2.75, 3.05) is 45.0 Å². The number of para-hydroxylation sites is 1. The van der Waals surface area contributed by atoms with Gasteiger partial charge in [-0.3, -0.25) is 0 Å². The number of hydrogen-bond donors (Lipinski definition) is 2. The molecule has 10 heteroatoms. The molecule has 0 aliphatic carbocycles. The van der Waals surface area contributed by atoms with Crippen LogP contribution in [0.5, 0.6) is 0 Å². The third kappa shape index (κ3) is 5.27. The van der Waals surface area contributed by atoms with Crippen LogP contribution in [0.4, 0.5) is 11.5 Å². The van der Waals surface area contributed by atoms with Crippen LogP contribution >= 0.6 is 0 Å². The second-order valence-electron chi connectivity index (χ2n) is 9.76. The number of benzene rings is 3. The van der Waals surface area contributed by atoms with Crippen molar-refractivity contribution in [3.8, 4) is 0 Å². The maximum atomic E-state index is 13.3. The molecular formula is C29H34N6O3S. The first-order valence-corrected chi connectivity index (χ1v) is 14.5. The lowest BCUT2D eigenvalue weighted by atomic mass is 10.1. The fourth-order valence-corrected chi connectivity index (χ4v) is 6.39. The number of methoxy groups -OCH3 is 1. The Kier molecular flexibility index (Phi) is 7.69. The van der Waals surface area contributed by atoms with Crippen LogP contribution in [0.1, 0.15) is 18.7 Å². The zero-order chi connectivity index (χ0) is 27.6. The van der Waals surface area contributed by atoms with Crippen LogP contribution in [-0.2, 0) is 27.7 Å².